The molecule has 0 aliphatic heterocycles. The van der Waals surface area contributed by atoms with Gasteiger partial charge in [-0.2, -0.15) is 0 Å². The summed E-state index contributed by atoms with van der Waals surface area (Å²) in [6.07, 6.45) is 33.5. The second kappa shape index (κ2) is 24.5. The maximum Gasteiger partial charge on any atom is 0.220 e. The van der Waals surface area contributed by atoms with E-state index in [0.29, 0.717) is 12.5 Å². The SMILES string of the molecule is CCCCCCCCC[C@H](CCCCCCC[C@@H]1C[C@H]1CCCCCCCC)NC(=O)CCCN(C)C. The molecule has 3 nitrogen and oxygen atoms in total. The molecule has 1 fully saturated rings. The smallest absolute Gasteiger partial charge is 0.220 e. The highest BCUT2D eigenvalue weighted by Gasteiger charge is 2.34. The predicted molar refractivity (Wildman–Crippen MR) is 164 cm³/mol. The van der Waals surface area contributed by atoms with Gasteiger partial charge >= 0.3 is 0 Å². The van der Waals surface area contributed by atoms with Gasteiger partial charge in [-0.3, -0.25) is 4.79 Å². The summed E-state index contributed by atoms with van der Waals surface area (Å²) < 4.78 is 0. The number of carbonyl (C=O) groups excluding carboxylic acids is 1. The Hall–Kier alpha value is -0.570. The van der Waals surface area contributed by atoms with Crippen molar-refractivity contribution >= 4 is 5.91 Å². The van der Waals surface area contributed by atoms with Gasteiger partial charge in [-0.25, -0.2) is 0 Å². The van der Waals surface area contributed by atoms with Crippen molar-refractivity contribution in [2.24, 2.45) is 11.8 Å². The van der Waals surface area contributed by atoms with Crippen molar-refractivity contribution in [3.8, 4) is 0 Å². The molecule has 1 rings (SSSR count). The first-order valence-electron chi connectivity index (χ1n) is 17.0. The van der Waals surface area contributed by atoms with Gasteiger partial charge in [0.15, 0.2) is 0 Å². The number of unbranched alkanes of at least 4 members (excludes halogenated alkanes) is 15. The van der Waals surface area contributed by atoms with Gasteiger partial charge in [-0.15, -0.1) is 0 Å². The number of amides is 1. The molecule has 0 heterocycles. The molecule has 37 heavy (non-hydrogen) atoms. The maximum absolute atomic E-state index is 12.5. The number of hydrogen-bond donors (Lipinski definition) is 1. The normalized spacial score (nSPS) is 17.9. The molecule has 0 spiro atoms. The van der Waals surface area contributed by atoms with Crippen LogP contribution in [-0.2, 0) is 4.79 Å². The lowest BCUT2D eigenvalue weighted by Crippen LogP contribution is -2.35. The molecule has 0 unspecified atom stereocenters. The Kier molecular flexibility index (Phi) is 22.8. The summed E-state index contributed by atoms with van der Waals surface area (Å²) in [5.41, 5.74) is 0. The second-order valence-corrected chi connectivity index (χ2v) is 12.7. The Morgan fingerprint density at radius 2 is 1.08 bits per heavy atom. The summed E-state index contributed by atoms with van der Waals surface area (Å²) in [5, 5.41) is 3.41. The largest absolute Gasteiger partial charge is 0.353 e. The third-order valence-electron chi connectivity index (χ3n) is 8.66. The molecular formula is C34H68N2O. The van der Waals surface area contributed by atoms with Crippen LogP contribution >= 0.6 is 0 Å². The molecule has 0 aromatic heterocycles. The zero-order chi connectivity index (χ0) is 27.0. The van der Waals surface area contributed by atoms with Gasteiger partial charge in [-0.1, -0.05) is 142 Å². The fourth-order valence-corrected chi connectivity index (χ4v) is 6.02. The summed E-state index contributed by atoms with van der Waals surface area (Å²) in [5.74, 6) is 2.43. The molecular weight excluding hydrogens is 452 g/mol. The lowest BCUT2D eigenvalue weighted by atomic mass is 9.99. The van der Waals surface area contributed by atoms with Crippen molar-refractivity contribution in [1.82, 2.24) is 10.2 Å². The summed E-state index contributed by atoms with van der Waals surface area (Å²) in [6.45, 7) is 5.58. The third kappa shape index (κ3) is 22.0. The van der Waals surface area contributed by atoms with Crippen molar-refractivity contribution in [3.63, 3.8) is 0 Å². The maximum atomic E-state index is 12.5. The number of hydrogen-bond acceptors (Lipinski definition) is 2. The van der Waals surface area contributed by atoms with E-state index in [2.05, 4.69) is 38.2 Å². The monoisotopic (exact) mass is 521 g/mol. The molecule has 0 saturated heterocycles. The van der Waals surface area contributed by atoms with E-state index in [9.17, 15) is 4.79 Å². The van der Waals surface area contributed by atoms with Crippen molar-refractivity contribution in [1.29, 1.82) is 0 Å². The highest BCUT2D eigenvalue weighted by molar-refractivity contribution is 5.76. The van der Waals surface area contributed by atoms with Crippen molar-refractivity contribution in [2.75, 3.05) is 20.6 Å². The quantitative estimate of drug-likeness (QED) is 0.104. The van der Waals surface area contributed by atoms with Gasteiger partial charge in [0, 0.05) is 12.5 Å². The Bertz CT molecular complexity index is 506. The molecule has 0 bridgehead atoms. The van der Waals surface area contributed by atoms with Gasteiger partial charge in [0.05, 0.1) is 0 Å². The number of nitrogens with zero attached hydrogens (tertiary/aromatic N) is 1. The van der Waals surface area contributed by atoms with Crippen molar-refractivity contribution < 1.29 is 4.79 Å². The van der Waals surface area contributed by atoms with Crippen LogP contribution in [0.3, 0.4) is 0 Å². The van der Waals surface area contributed by atoms with Crippen LogP contribution in [0, 0.1) is 11.8 Å². The summed E-state index contributed by atoms with van der Waals surface area (Å²) >= 11 is 0. The summed E-state index contributed by atoms with van der Waals surface area (Å²) in [6, 6.07) is 0.400. The Morgan fingerprint density at radius 3 is 1.54 bits per heavy atom. The molecule has 0 radical (unpaired) electrons. The minimum atomic E-state index is 0.273. The van der Waals surface area contributed by atoms with Gasteiger partial charge in [0.2, 0.25) is 5.91 Å². The second-order valence-electron chi connectivity index (χ2n) is 12.7. The van der Waals surface area contributed by atoms with Gasteiger partial charge in [0.1, 0.15) is 0 Å². The molecule has 1 aliphatic rings. The molecule has 1 N–H and O–H groups in total. The van der Waals surface area contributed by atoms with E-state index in [1.807, 2.05) is 0 Å². The minimum absolute atomic E-state index is 0.273. The van der Waals surface area contributed by atoms with E-state index in [0.717, 1.165) is 24.8 Å². The molecule has 3 atom stereocenters. The van der Waals surface area contributed by atoms with Crippen LogP contribution in [-0.4, -0.2) is 37.5 Å². The molecule has 1 aliphatic carbocycles. The number of carbonyl (C=O) groups is 1. The molecule has 1 saturated carbocycles. The van der Waals surface area contributed by atoms with Crippen molar-refractivity contribution in [2.45, 2.75) is 180 Å². The van der Waals surface area contributed by atoms with E-state index >= 15 is 0 Å². The van der Waals surface area contributed by atoms with E-state index in [1.165, 1.54) is 148 Å². The molecule has 220 valence electrons. The average molecular weight is 521 g/mol. The van der Waals surface area contributed by atoms with Crippen LogP contribution in [0.15, 0.2) is 0 Å². The van der Waals surface area contributed by atoms with Crippen molar-refractivity contribution in [3.05, 3.63) is 0 Å². The van der Waals surface area contributed by atoms with E-state index in [-0.39, 0.29) is 5.91 Å². The van der Waals surface area contributed by atoms with Crippen LogP contribution in [0.1, 0.15) is 174 Å². The lowest BCUT2D eigenvalue weighted by Gasteiger charge is -2.19. The van der Waals surface area contributed by atoms with Crippen LogP contribution in [0.5, 0.6) is 0 Å². The molecule has 1 amide bonds. The van der Waals surface area contributed by atoms with Crippen LogP contribution in [0.2, 0.25) is 0 Å². The minimum Gasteiger partial charge on any atom is -0.353 e. The van der Waals surface area contributed by atoms with Crippen LogP contribution in [0.4, 0.5) is 0 Å². The highest BCUT2D eigenvalue weighted by atomic mass is 16.1. The zero-order valence-corrected chi connectivity index (χ0v) is 26.0. The third-order valence-corrected chi connectivity index (χ3v) is 8.66. The molecule has 0 aromatic rings. The van der Waals surface area contributed by atoms with E-state index in [1.54, 1.807) is 0 Å². The number of rotatable bonds is 28. The Labute approximate surface area is 233 Å². The van der Waals surface area contributed by atoms with Gasteiger partial charge < -0.3 is 10.2 Å². The van der Waals surface area contributed by atoms with E-state index in [4.69, 9.17) is 0 Å². The van der Waals surface area contributed by atoms with E-state index < -0.39 is 0 Å². The topological polar surface area (TPSA) is 32.3 Å². The fraction of sp³-hybridized carbons (Fsp3) is 0.971. The summed E-state index contributed by atoms with van der Waals surface area (Å²) in [7, 11) is 4.17. The number of nitrogens with one attached hydrogen (secondary N) is 1. The predicted octanol–water partition coefficient (Wildman–Crippen LogP) is 10.1. The first-order valence-corrected chi connectivity index (χ1v) is 17.0. The Morgan fingerprint density at radius 1 is 0.649 bits per heavy atom. The zero-order valence-electron chi connectivity index (χ0n) is 26.0. The summed E-state index contributed by atoms with van der Waals surface area (Å²) in [4.78, 5) is 14.7. The first kappa shape index (κ1) is 34.5. The Balaban J connectivity index is 2.09. The van der Waals surface area contributed by atoms with Crippen LogP contribution < -0.4 is 5.32 Å². The highest BCUT2D eigenvalue weighted by Crippen LogP contribution is 2.45. The van der Waals surface area contributed by atoms with Crippen LogP contribution in [0.25, 0.3) is 0 Å². The standard InChI is InChI=1S/C34H68N2O/c1-5-7-9-11-13-17-21-26-33(35-34(37)28-23-29-36(3)4)27-22-18-14-16-20-25-32-30-31(32)24-19-15-12-10-8-6-2/h31-33H,5-30H2,1-4H3,(H,35,37)/t31-,32-,33-/m1/s1. The van der Waals surface area contributed by atoms with Gasteiger partial charge in [-0.05, 0) is 58.2 Å². The molecule has 3 heteroatoms. The lowest BCUT2D eigenvalue weighted by molar-refractivity contribution is -0.122. The molecule has 0 aromatic carbocycles. The average Bonchev–Trinajstić information content (AvgIpc) is 3.62. The van der Waals surface area contributed by atoms with Gasteiger partial charge in [0.25, 0.3) is 0 Å². The first-order chi connectivity index (χ1) is 18.1. The fourth-order valence-electron chi connectivity index (χ4n) is 6.02.